The molecule has 0 aliphatic rings. The highest BCUT2D eigenvalue weighted by molar-refractivity contribution is 7.89. The average Bonchev–Trinajstić information content (AvgIpc) is 3.11. The van der Waals surface area contributed by atoms with Gasteiger partial charge in [-0.15, -0.1) is 0 Å². The van der Waals surface area contributed by atoms with Gasteiger partial charge in [0.1, 0.15) is 6.04 Å². The van der Waals surface area contributed by atoms with Crippen molar-refractivity contribution in [2.45, 2.75) is 24.8 Å². The lowest BCUT2D eigenvalue weighted by Crippen LogP contribution is -2.32. The van der Waals surface area contributed by atoms with Gasteiger partial charge in [0.2, 0.25) is 21.7 Å². The Labute approximate surface area is 147 Å². The van der Waals surface area contributed by atoms with Gasteiger partial charge >= 0.3 is 0 Å². The minimum absolute atomic E-state index is 0.0671. The van der Waals surface area contributed by atoms with E-state index in [0.717, 1.165) is 5.56 Å². The molecule has 0 fully saturated rings. The maximum atomic E-state index is 12.6. The zero-order valence-corrected chi connectivity index (χ0v) is 14.8. The number of nitrogens with zero attached hydrogens (tertiary/aromatic N) is 2. The van der Waals surface area contributed by atoms with Crippen LogP contribution in [-0.4, -0.2) is 18.6 Å². The first-order valence-electron chi connectivity index (χ1n) is 7.94. The Balaban J connectivity index is 1.89. The molecule has 2 aromatic carbocycles. The summed E-state index contributed by atoms with van der Waals surface area (Å²) < 4.78 is 33.2. The van der Waals surface area contributed by atoms with Crippen LogP contribution in [0.15, 0.2) is 70.1 Å². The SMILES string of the molecule is CC(C)[C@@H](NS(=O)(=O)c1ccccc1)c1nc(-c2ccccc2)no1. The second-order valence-corrected chi connectivity index (χ2v) is 7.69. The van der Waals surface area contributed by atoms with E-state index in [4.69, 9.17) is 4.52 Å². The van der Waals surface area contributed by atoms with Crippen molar-refractivity contribution in [2.24, 2.45) is 5.92 Å². The van der Waals surface area contributed by atoms with Gasteiger partial charge in [0.05, 0.1) is 4.90 Å². The summed E-state index contributed by atoms with van der Waals surface area (Å²) in [6.45, 7) is 3.79. The molecule has 25 heavy (non-hydrogen) atoms. The van der Waals surface area contributed by atoms with E-state index in [9.17, 15) is 8.42 Å². The topological polar surface area (TPSA) is 85.1 Å². The number of nitrogens with one attached hydrogen (secondary N) is 1. The molecular weight excluding hydrogens is 338 g/mol. The molecule has 130 valence electrons. The maximum absolute atomic E-state index is 12.6. The van der Waals surface area contributed by atoms with Crippen LogP contribution in [0.5, 0.6) is 0 Å². The predicted molar refractivity (Wildman–Crippen MR) is 94.1 cm³/mol. The molecule has 3 rings (SSSR count). The Morgan fingerprint density at radius 1 is 0.960 bits per heavy atom. The maximum Gasteiger partial charge on any atom is 0.245 e. The van der Waals surface area contributed by atoms with E-state index in [1.165, 1.54) is 0 Å². The number of sulfonamides is 1. The number of hydrogen-bond acceptors (Lipinski definition) is 5. The van der Waals surface area contributed by atoms with Crippen LogP contribution in [0.3, 0.4) is 0 Å². The first-order chi connectivity index (χ1) is 12.0. The minimum Gasteiger partial charge on any atom is -0.337 e. The Bertz CT molecular complexity index is 922. The van der Waals surface area contributed by atoms with Gasteiger partial charge in [0.15, 0.2) is 0 Å². The van der Waals surface area contributed by atoms with Crippen molar-refractivity contribution in [2.75, 3.05) is 0 Å². The van der Waals surface area contributed by atoms with Gasteiger partial charge in [-0.25, -0.2) is 8.42 Å². The van der Waals surface area contributed by atoms with Gasteiger partial charge in [0, 0.05) is 5.56 Å². The summed E-state index contributed by atoms with van der Waals surface area (Å²) in [4.78, 5) is 4.57. The van der Waals surface area contributed by atoms with Crippen LogP contribution in [0.25, 0.3) is 11.4 Å². The Kier molecular flexibility index (Phi) is 4.96. The molecule has 0 amide bonds. The summed E-state index contributed by atoms with van der Waals surface area (Å²) in [5.74, 6) is 0.607. The fraction of sp³-hybridized carbons (Fsp3) is 0.222. The molecule has 0 saturated heterocycles. The predicted octanol–water partition coefficient (Wildman–Crippen LogP) is 3.41. The van der Waals surface area contributed by atoms with Crippen LogP contribution in [0.4, 0.5) is 0 Å². The van der Waals surface area contributed by atoms with Crippen molar-refractivity contribution >= 4 is 10.0 Å². The van der Waals surface area contributed by atoms with Gasteiger partial charge in [-0.3, -0.25) is 0 Å². The third-order valence-electron chi connectivity index (χ3n) is 3.74. The number of benzene rings is 2. The van der Waals surface area contributed by atoms with Crippen molar-refractivity contribution in [3.05, 3.63) is 66.6 Å². The lowest BCUT2D eigenvalue weighted by atomic mass is 10.1. The number of aromatic nitrogens is 2. The average molecular weight is 357 g/mol. The fourth-order valence-electron chi connectivity index (χ4n) is 2.37. The highest BCUT2D eigenvalue weighted by atomic mass is 32.2. The molecule has 3 aromatic rings. The van der Waals surface area contributed by atoms with Crippen LogP contribution in [0, 0.1) is 5.92 Å². The van der Waals surface area contributed by atoms with Crippen LogP contribution in [0.1, 0.15) is 25.8 Å². The molecule has 0 aliphatic carbocycles. The van der Waals surface area contributed by atoms with E-state index in [1.54, 1.807) is 30.3 Å². The van der Waals surface area contributed by atoms with Gasteiger partial charge in [-0.05, 0) is 18.1 Å². The van der Waals surface area contributed by atoms with Crippen molar-refractivity contribution in [1.82, 2.24) is 14.9 Å². The molecule has 0 bridgehead atoms. The first kappa shape index (κ1) is 17.3. The molecule has 7 heteroatoms. The molecule has 0 aliphatic heterocycles. The number of hydrogen-bond donors (Lipinski definition) is 1. The zero-order valence-electron chi connectivity index (χ0n) is 14.0. The van der Waals surface area contributed by atoms with Crippen molar-refractivity contribution in [3.63, 3.8) is 0 Å². The normalized spacial score (nSPS) is 13.1. The van der Waals surface area contributed by atoms with Gasteiger partial charge in [0.25, 0.3) is 0 Å². The van der Waals surface area contributed by atoms with Crippen molar-refractivity contribution in [3.8, 4) is 11.4 Å². The van der Waals surface area contributed by atoms with Crippen LogP contribution in [0.2, 0.25) is 0 Å². The second-order valence-electron chi connectivity index (χ2n) is 5.98. The van der Waals surface area contributed by atoms with Crippen LogP contribution >= 0.6 is 0 Å². The lowest BCUT2D eigenvalue weighted by molar-refractivity contribution is 0.311. The van der Waals surface area contributed by atoms with Gasteiger partial charge in [-0.1, -0.05) is 67.5 Å². The van der Waals surface area contributed by atoms with Gasteiger partial charge in [-0.2, -0.15) is 9.71 Å². The van der Waals surface area contributed by atoms with E-state index >= 15 is 0 Å². The molecule has 0 saturated carbocycles. The quantitative estimate of drug-likeness (QED) is 0.731. The molecule has 1 atom stereocenters. The largest absolute Gasteiger partial charge is 0.337 e. The standard InChI is InChI=1S/C18H19N3O3S/c1-13(2)16(21-25(22,23)15-11-7-4-8-12-15)18-19-17(20-24-18)14-9-5-3-6-10-14/h3-13,16,21H,1-2H3/t16-/m1/s1. The van der Waals surface area contributed by atoms with E-state index in [1.807, 2.05) is 44.2 Å². The fourth-order valence-corrected chi connectivity index (χ4v) is 3.73. The molecule has 0 radical (unpaired) electrons. The van der Waals surface area contributed by atoms with Crippen molar-refractivity contribution in [1.29, 1.82) is 0 Å². The van der Waals surface area contributed by atoms with Crippen LogP contribution < -0.4 is 4.72 Å². The third-order valence-corrected chi connectivity index (χ3v) is 5.20. The van der Waals surface area contributed by atoms with Crippen molar-refractivity contribution < 1.29 is 12.9 Å². The zero-order chi connectivity index (χ0) is 17.9. The number of rotatable bonds is 6. The highest BCUT2D eigenvalue weighted by Gasteiger charge is 2.28. The smallest absolute Gasteiger partial charge is 0.245 e. The second kappa shape index (κ2) is 7.16. The Morgan fingerprint density at radius 3 is 2.16 bits per heavy atom. The molecule has 0 spiro atoms. The van der Waals surface area contributed by atoms with E-state index in [2.05, 4.69) is 14.9 Å². The molecule has 6 nitrogen and oxygen atoms in total. The molecule has 1 heterocycles. The highest BCUT2D eigenvalue weighted by Crippen LogP contribution is 2.25. The van der Waals surface area contributed by atoms with Gasteiger partial charge < -0.3 is 4.52 Å². The minimum atomic E-state index is -3.69. The van der Waals surface area contributed by atoms with Crippen LogP contribution in [-0.2, 0) is 10.0 Å². The molecule has 0 unspecified atom stereocenters. The van der Waals surface area contributed by atoms with E-state index < -0.39 is 16.1 Å². The summed E-state index contributed by atoms with van der Waals surface area (Å²) in [7, 11) is -3.69. The van der Waals surface area contributed by atoms with E-state index in [0.29, 0.717) is 5.82 Å². The molecule has 1 aromatic heterocycles. The summed E-state index contributed by atoms with van der Waals surface area (Å²) in [6, 6.07) is 17.0. The Morgan fingerprint density at radius 2 is 1.56 bits per heavy atom. The molecule has 1 N–H and O–H groups in total. The monoisotopic (exact) mass is 357 g/mol. The molecular formula is C18H19N3O3S. The summed E-state index contributed by atoms with van der Waals surface area (Å²) >= 11 is 0. The van der Waals surface area contributed by atoms with E-state index in [-0.39, 0.29) is 16.7 Å². The summed E-state index contributed by atoms with van der Waals surface area (Å²) in [5.41, 5.74) is 0.811. The third kappa shape index (κ3) is 3.94. The lowest BCUT2D eigenvalue weighted by Gasteiger charge is -2.18. The summed E-state index contributed by atoms with van der Waals surface area (Å²) in [6.07, 6.45) is 0. The first-order valence-corrected chi connectivity index (χ1v) is 9.42. The summed E-state index contributed by atoms with van der Waals surface area (Å²) in [5, 5.41) is 3.97. The Hall–Kier alpha value is -2.51.